The van der Waals surface area contributed by atoms with Crippen LogP contribution in [-0.2, 0) is 4.74 Å². The summed E-state index contributed by atoms with van der Waals surface area (Å²) in [7, 11) is 0. The van der Waals surface area contributed by atoms with E-state index in [4.69, 9.17) is 9.72 Å². The fraction of sp³-hybridized carbons (Fsp3) is 0.579. The van der Waals surface area contributed by atoms with Crippen LogP contribution in [0.25, 0.3) is 5.82 Å². The minimum Gasteiger partial charge on any atom is -0.380 e. The van der Waals surface area contributed by atoms with Gasteiger partial charge in [-0.2, -0.15) is 5.10 Å². The van der Waals surface area contributed by atoms with Gasteiger partial charge in [-0.15, -0.1) is 0 Å². The highest BCUT2D eigenvalue weighted by Crippen LogP contribution is 2.22. The molecule has 6 heteroatoms. The molecule has 0 N–H and O–H groups in total. The molecule has 2 aliphatic heterocycles. The molecule has 4 heterocycles. The topological polar surface area (TPSA) is 46.4 Å². The summed E-state index contributed by atoms with van der Waals surface area (Å²) in [5, 5.41) is 4.37. The highest BCUT2D eigenvalue weighted by Gasteiger charge is 2.25. The summed E-state index contributed by atoms with van der Waals surface area (Å²) in [6, 6.07) is 6.89. The first kappa shape index (κ1) is 16.5. The van der Waals surface area contributed by atoms with E-state index in [9.17, 15) is 0 Å². The molecule has 0 radical (unpaired) electrons. The molecule has 2 aliphatic rings. The maximum Gasteiger partial charge on any atom is 0.155 e. The van der Waals surface area contributed by atoms with Gasteiger partial charge in [-0.25, -0.2) is 9.67 Å². The molecule has 2 aromatic heterocycles. The van der Waals surface area contributed by atoms with Crippen LogP contribution >= 0.6 is 0 Å². The number of aryl methyl sites for hydroxylation is 1. The summed E-state index contributed by atoms with van der Waals surface area (Å²) in [5.41, 5.74) is 1.15. The Labute approximate surface area is 149 Å². The molecule has 0 unspecified atom stereocenters. The Hall–Kier alpha value is -1.92. The molecular weight excluding hydrogens is 314 g/mol. The zero-order valence-corrected chi connectivity index (χ0v) is 15.0. The second kappa shape index (κ2) is 7.54. The molecule has 0 aromatic carbocycles. The van der Waals surface area contributed by atoms with E-state index in [0.717, 1.165) is 56.5 Å². The second-order valence-corrected chi connectivity index (χ2v) is 7.04. The first-order chi connectivity index (χ1) is 12.3. The number of aromatic nitrogens is 3. The van der Waals surface area contributed by atoms with Crippen LogP contribution in [0.5, 0.6) is 0 Å². The molecule has 2 fully saturated rings. The molecule has 25 heavy (non-hydrogen) atoms. The maximum absolute atomic E-state index is 5.59. The van der Waals surface area contributed by atoms with Gasteiger partial charge in [-0.05, 0) is 43.9 Å². The number of hydrogen-bond acceptors (Lipinski definition) is 5. The third-order valence-electron chi connectivity index (χ3n) is 5.23. The molecule has 0 aliphatic carbocycles. The minimum absolute atomic E-state index is 0.690. The number of nitrogens with zero attached hydrogens (tertiary/aromatic N) is 5. The number of pyridine rings is 1. The number of ether oxygens (including phenoxy) is 1. The highest BCUT2D eigenvalue weighted by molar-refractivity contribution is 5.43. The molecule has 4 rings (SSSR count). The first-order valence-electron chi connectivity index (χ1n) is 9.35. The zero-order valence-electron chi connectivity index (χ0n) is 15.0. The van der Waals surface area contributed by atoms with Gasteiger partial charge in [0.25, 0.3) is 0 Å². The molecule has 0 amide bonds. The van der Waals surface area contributed by atoms with Gasteiger partial charge in [0.2, 0.25) is 0 Å². The van der Waals surface area contributed by atoms with Gasteiger partial charge in [-0.3, -0.25) is 4.90 Å². The Bertz CT molecular complexity index is 685. The van der Waals surface area contributed by atoms with Gasteiger partial charge in [0, 0.05) is 45.0 Å². The smallest absolute Gasteiger partial charge is 0.155 e. The van der Waals surface area contributed by atoms with Crippen molar-refractivity contribution < 1.29 is 4.74 Å². The van der Waals surface area contributed by atoms with Crippen LogP contribution in [0.4, 0.5) is 5.82 Å². The predicted molar refractivity (Wildman–Crippen MR) is 98.3 cm³/mol. The fourth-order valence-corrected chi connectivity index (χ4v) is 3.84. The largest absolute Gasteiger partial charge is 0.380 e. The van der Waals surface area contributed by atoms with Gasteiger partial charge in [-0.1, -0.05) is 6.07 Å². The number of hydrogen-bond donors (Lipinski definition) is 0. The van der Waals surface area contributed by atoms with Gasteiger partial charge in [0.1, 0.15) is 5.82 Å². The first-order valence-corrected chi connectivity index (χ1v) is 9.35. The normalized spacial score (nSPS) is 20.6. The van der Waals surface area contributed by atoms with Gasteiger partial charge >= 0.3 is 0 Å². The Morgan fingerprint density at radius 3 is 2.68 bits per heavy atom. The minimum atomic E-state index is 0.690. The lowest BCUT2D eigenvalue weighted by Crippen LogP contribution is -2.46. The summed E-state index contributed by atoms with van der Waals surface area (Å²) >= 11 is 0. The van der Waals surface area contributed by atoms with Gasteiger partial charge in [0.15, 0.2) is 5.82 Å². The number of anilines is 1. The van der Waals surface area contributed by atoms with Crippen LogP contribution < -0.4 is 4.90 Å². The van der Waals surface area contributed by atoms with E-state index in [1.807, 2.05) is 30.1 Å². The SMILES string of the molecule is Cc1cnn(-c2cccc(N3CCC(N4CCCOCC4)CC3)n2)c1. The summed E-state index contributed by atoms with van der Waals surface area (Å²) in [6.45, 7) is 8.24. The average molecular weight is 341 g/mol. The molecule has 2 aromatic rings. The molecular formula is C19H27N5O. The molecule has 134 valence electrons. The summed E-state index contributed by atoms with van der Waals surface area (Å²) in [5.74, 6) is 1.95. The fourth-order valence-electron chi connectivity index (χ4n) is 3.84. The molecule has 2 saturated heterocycles. The number of rotatable bonds is 3. The van der Waals surface area contributed by atoms with Crippen LogP contribution in [0, 0.1) is 6.92 Å². The van der Waals surface area contributed by atoms with Crippen molar-refractivity contribution in [3.8, 4) is 5.82 Å². The average Bonchev–Trinajstić information content (AvgIpc) is 2.92. The van der Waals surface area contributed by atoms with Crippen LogP contribution in [0.1, 0.15) is 24.8 Å². The standard InChI is InChI=1S/C19H27N5O/c1-16-14-20-24(15-16)19-5-2-4-18(21-19)23-9-6-17(7-10-23)22-8-3-12-25-13-11-22/h2,4-5,14-15,17H,3,6-13H2,1H3. The maximum atomic E-state index is 5.59. The Morgan fingerprint density at radius 2 is 1.88 bits per heavy atom. The van der Waals surface area contributed by atoms with Crippen molar-refractivity contribution in [2.45, 2.75) is 32.2 Å². The third-order valence-corrected chi connectivity index (χ3v) is 5.23. The summed E-state index contributed by atoms with van der Waals surface area (Å²) < 4.78 is 7.44. The summed E-state index contributed by atoms with van der Waals surface area (Å²) in [6.07, 6.45) is 7.44. The van der Waals surface area contributed by atoms with E-state index in [1.165, 1.54) is 19.4 Å². The van der Waals surface area contributed by atoms with Crippen LogP contribution in [-0.4, -0.2) is 65.1 Å². The van der Waals surface area contributed by atoms with Gasteiger partial charge in [0.05, 0.1) is 12.8 Å². The van der Waals surface area contributed by atoms with Gasteiger partial charge < -0.3 is 9.64 Å². The number of piperidine rings is 1. The van der Waals surface area contributed by atoms with Crippen molar-refractivity contribution in [2.75, 3.05) is 44.3 Å². The predicted octanol–water partition coefficient (Wildman–Crippen LogP) is 2.27. The highest BCUT2D eigenvalue weighted by atomic mass is 16.5. The second-order valence-electron chi connectivity index (χ2n) is 7.04. The van der Waals surface area contributed by atoms with Crippen molar-refractivity contribution in [3.05, 3.63) is 36.2 Å². The molecule has 0 atom stereocenters. The van der Waals surface area contributed by atoms with Crippen molar-refractivity contribution in [1.29, 1.82) is 0 Å². The zero-order chi connectivity index (χ0) is 17.1. The van der Waals surface area contributed by atoms with Crippen molar-refractivity contribution in [1.82, 2.24) is 19.7 Å². The van der Waals surface area contributed by atoms with Crippen LogP contribution in [0.15, 0.2) is 30.6 Å². The molecule has 0 spiro atoms. The van der Waals surface area contributed by atoms with Crippen molar-refractivity contribution >= 4 is 5.82 Å². The lowest BCUT2D eigenvalue weighted by atomic mass is 10.0. The van der Waals surface area contributed by atoms with E-state index in [-0.39, 0.29) is 0 Å². The van der Waals surface area contributed by atoms with E-state index in [1.54, 1.807) is 0 Å². The van der Waals surface area contributed by atoms with Crippen molar-refractivity contribution in [2.24, 2.45) is 0 Å². The van der Waals surface area contributed by atoms with Crippen LogP contribution in [0.2, 0.25) is 0 Å². The van der Waals surface area contributed by atoms with E-state index in [2.05, 4.69) is 27.0 Å². The lowest BCUT2D eigenvalue weighted by molar-refractivity contribution is 0.125. The Balaban J connectivity index is 1.40. The van der Waals surface area contributed by atoms with E-state index < -0.39 is 0 Å². The quantitative estimate of drug-likeness (QED) is 0.857. The Morgan fingerprint density at radius 1 is 1.04 bits per heavy atom. The van der Waals surface area contributed by atoms with E-state index in [0.29, 0.717) is 6.04 Å². The van der Waals surface area contributed by atoms with Crippen molar-refractivity contribution in [3.63, 3.8) is 0 Å². The summed E-state index contributed by atoms with van der Waals surface area (Å²) in [4.78, 5) is 9.86. The molecule has 0 saturated carbocycles. The third kappa shape index (κ3) is 3.85. The van der Waals surface area contributed by atoms with Crippen LogP contribution in [0.3, 0.4) is 0 Å². The molecule has 6 nitrogen and oxygen atoms in total. The lowest BCUT2D eigenvalue weighted by Gasteiger charge is -2.38. The Kier molecular flexibility index (Phi) is 4.99. The molecule has 0 bridgehead atoms. The van der Waals surface area contributed by atoms with E-state index >= 15 is 0 Å². The monoisotopic (exact) mass is 341 g/mol.